The van der Waals surface area contributed by atoms with Crippen LogP contribution < -0.4 is 0 Å². The number of esters is 1. The Morgan fingerprint density at radius 3 is 2.38 bits per heavy atom. The van der Waals surface area contributed by atoms with Crippen molar-refractivity contribution in [1.29, 1.82) is 0 Å². The first-order chi connectivity index (χ1) is 7.29. The Morgan fingerprint density at radius 1 is 1.38 bits per heavy atom. The van der Waals surface area contributed by atoms with E-state index in [1.165, 1.54) is 19.3 Å². The second-order valence-electron chi connectivity index (χ2n) is 4.44. The van der Waals surface area contributed by atoms with E-state index in [0.717, 1.165) is 0 Å². The molecule has 0 aliphatic heterocycles. The number of alkyl halides is 1. The van der Waals surface area contributed by atoms with Crippen molar-refractivity contribution in [3.8, 4) is 0 Å². The zero-order chi connectivity index (χ0) is 12.3. The zero-order valence-electron chi connectivity index (χ0n) is 9.82. The molecule has 5 heteroatoms. The summed E-state index contributed by atoms with van der Waals surface area (Å²) in [4.78, 5) is 19.1. The highest BCUT2D eigenvalue weighted by Gasteiger charge is 2.19. The molecule has 0 saturated heterocycles. The Hall–Kier alpha value is -1.52. The molecule has 1 rings (SSSR count). The first-order valence-corrected chi connectivity index (χ1v) is 4.99. The molecule has 1 aromatic rings. The van der Waals surface area contributed by atoms with Crippen molar-refractivity contribution in [3.63, 3.8) is 0 Å². The summed E-state index contributed by atoms with van der Waals surface area (Å²) >= 11 is 0. The van der Waals surface area contributed by atoms with E-state index < -0.39 is 17.7 Å². The van der Waals surface area contributed by atoms with Crippen LogP contribution in [0.3, 0.4) is 0 Å². The van der Waals surface area contributed by atoms with Crippen molar-refractivity contribution in [2.45, 2.75) is 39.5 Å². The fourth-order valence-electron chi connectivity index (χ4n) is 0.979. The van der Waals surface area contributed by atoms with Crippen molar-refractivity contribution in [2.75, 3.05) is 0 Å². The predicted molar refractivity (Wildman–Crippen MR) is 56.7 cm³/mol. The monoisotopic (exact) mass is 226 g/mol. The van der Waals surface area contributed by atoms with Crippen molar-refractivity contribution in [1.82, 2.24) is 9.97 Å². The Labute approximate surface area is 93.9 Å². The Morgan fingerprint density at radius 2 is 2.00 bits per heavy atom. The van der Waals surface area contributed by atoms with Crippen LogP contribution in [0.15, 0.2) is 12.4 Å². The van der Waals surface area contributed by atoms with Crippen LogP contribution in [0.5, 0.6) is 0 Å². The van der Waals surface area contributed by atoms with E-state index >= 15 is 0 Å². The van der Waals surface area contributed by atoms with Gasteiger partial charge in [0.1, 0.15) is 11.8 Å². The number of nitrogens with zero attached hydrogens (tertiary/aromatic N) is 2. The van der Waals surface area contributed by atoms with E-state index in [1.54, 1.807) is 20.8 Å². The summed E-state index contributed by atoms with van der Waals surface area (Å²) < 4.78 is 17.9. The summed E-state index contributed by atoms with van der Waals surface area (Å²) in [7, 11) is 0. The SMILES string of the molecule is CC(F)c1cnc(C(=O)OC(C)(C)C)cn1. The molecule has 0 aliphatic carbocycles. The van der Waals surface area contributed by atoms with Gasteiger partial charge in [0.25, 0.3) is 0 Å². The second-order valence-corrected chi connectivity index (χ2v) is 4.44. The summed E-state index contributed by atoms with van der Waals surface area (Å²) in [6, 6.07) is 0. The van der Waals surface area contributed by atoms with Crippen molar-refractivity contribution in [3.05, 3.63) is 23.8 Å². The van der Waals surface area contributed by atoms with E-state index in [2.05, 4.69) is 9.97 Å². The van der Waals surface area contributed by atoms with Crippen LogP contribution in [0, 0.1) is 0 Å². The molecule has 0 fully saturated rings. The van der Waals surface area contributed by atoms with Gasteiger partial charge in [-0.2, -0.15) is 0 Å². The van der Waals surface area contributed by atoms with Gasteiger partial charge in [-0.15, -0.1) is 0 Å². The van der Waals surface area contributed by atoms with Gasteiger partial charge in [0, 0.05) is 0 Å². The number of rotatable bonds is 2. The molecule has 1 heterocycles. The molecule has 88 valence electrons. The second kappa shape index (κ2) is 4.55. The molecule has 0 N–H and O–H groups in total. The molecule has 1 unspecified atom stereocenters. The molecule has 1 aromatic heterocycles. The number of hydrogen-bond acceptors (Lipinski definition) is 4. The molecular formula is C11H15FN2O2. The van der Waals surface area contributed by atoms with Gasteiger partial charge < -0.3 is 4.74 Å². The molecule has 1 atom stereocenters. The summed E-state index contributed by atoms with van der Waals surface area (Å²) in [5, 5.41) is 0. The molecule has 0 saturated carbocycles. The molecule has 0 spiro atoms. The number of halogens is 1. The van der Waals surface area contributed by atoms with Crippen molar-refractivity contribution < 1.29 is 13.9 Å². The summed E-state index contributed by atoms with van der Waals surface area (Å²) in [5.74, 6) is -0.557. The average molecular weight is 226 g/mol. The summed E-state index contributed by atoms with van der Waals surface area (Å²) in [6.07, 6.45) is 1.27. The van der Waals surface area contributed by atoms with Crippen molar-refractivity contribution in [2.24, 2.45) is 0 Å². The maximum Gasteiger partial charge on any atom is 0.359 e. The summed E-state index contributed by atoms with van der Waals surface area (Å²) in [6.45, 7) is 6.64. The average Bonchev–Trinajstić information content (AvgIpc) is 2.15. The van der Waals surface area contributed by atoms with E-state index in [9.17, 15) is 9.18 Å². The lowest BCUT2D eigenvalue weighted by atomic mass is 10.2. The lowest BCUT2D eigenvalue weighted by molar-refractivity contribution is 0.00621. The maximum absolute atomic E-state index is 12.8. The minimum atomic E-state index is -1.19. The lowest BCUT2D eigenvalue weighted by Gasteiger charge is -2.18. The Kier molecular flexibility index (Phi) is 3.57. The molecule has 0 bridgehead atoms. The van der Waals surface area contributed by atoms with Gasteiger partial charge in [0.05, 0.1) is 18.1 Å². The number of carbonyl (C=O) groups excluding carboxylic acids is 1. The minimum absolute atomic E-state index is 0.0827. The Bertz CT molecular complexity index is 369. The van der Waals surface area contributed by atoms with Crippen LogP contribution in [-0.4, -0.2) is 21.5 Å². The summed E-state index contributed by atoms with van der Waals surface area (Å²) in [5.41, 5.74) is -0.295. The molecule has 0 aliphatic rings. The number of hydrogen-bond donors (Lipinski definition) is 0. The Balaban J connectivity index is 2.78. The van der Waals surface area contributed by atoms with E-state index in [4.69, 9.17) is 4.74 Å². The zero-order valence-corrected chi connectivity index (χ0v) is 9.82. The van der Waals surface area contributed by atoms with Gasteiger partial charge in [-0.1, -0.05) is 0 Å². The largest absolute Gasteiger partial charge is 0.455 e. The first kappa shape index (κ1) is 12.5. The van der Waals surface area contributed by atoms with Crippen LogP contribution in [0.2, 0.25) is 0 Å². The smallest absolute Gasteiger partial charge is 0.359 e. The van der Waals surface area contributed by atoms with Gasteiger partial charge >= 0.3 is 5.97 Å². The molecule has 0 aromatic carbocycles. The number of ether oxygens (including phenoxy) is 1. The highest BCUT2D eigenvalue weighted by atomic mass is 19.1. The van der Waals surface area contributed by atoms with Gasteiger partial charge in [-0.25, -0.2) is 14.2 Å². The van der Waals surface area contributed by atoms with E-state index in [1.807, 2.05) is 0 Å². The maximum atomic E-state index is 12.8. The fraction of sp³-hybridized carbons (Fsp3) is 0.545. The van der Waals surface area contributed by atoms with Gasteiger partial charge in [-0.3, -0.25) is 4.98 Å². The topological polar surface area (TPSA) is 52.1 Å². The van der Waals surface area contributed by atoms with Gasteiger partial charge in [-0.05, 0) is 27.7 Å². The van der Waals surface area contributed by atoms with Crippen molar-refractivity contribution >= 4 is 5.97 Å². The molecule has 0 radical (unpaired) electrons. The molecule has 0 amide bonds. The number of aromatic nitrogens is 2. The third kappa shape index (κ3) is 3.56. The van der Waals surface area contributed by atoms with Crippen LogP contribution >= 0.6 is 0 Å². The van der Waals surface area contributed by atoms with Crippen LogP contribution in [0.25, 0.3) is 0 Å². The minimum Gasteiger partial charge on any atom is -0.455 e. The predicted octanol–water partition coefficient (Wildman–Crippen LogP) is 2.46. The highest BCUT2D eigenvalue weighted by Crippen LogP contribution is 2.13. The number of carbonyl (C=O) groups is 1. The fourth-order valence-corrected chi connectivity index (χ4v) is 0.979. The van der Waals surface area contributed by atoms with Gasteiger partial charge in [0.15, 0.2) is 5.69 Å². The van der Waals surface area contributed by atoms with E-state index in [-0.39, 0.29) is 11.4 Å². The molecule has 16 heavy (non-hydrogen) atoms. The molecular weight excluding hydrogens is 211 g/mol. The first-order valence-electron chi connectivity index (χ1n) is 4.99. The van der Waals surface area contributed by atoms with Crippen LogP contribution in [-0.2, 0) is 4.74 Å². The van der Waals surface area contributed by atoms with Crippen LogP contribution in [0.4, 0.5) is 4.39 Å². The van der Waals surface area contributed by atoms with Gasteiger partial charge in [0.2, 0.25) is 0 Å². The quantitative estimate of drug-likeness (QED) is 0.727. The van der Waals surface area contributed by atoms with E-state index in [0.29, 0.717) is 0 Å². The third-order valence-electron chi connectivity index (χ3n) is 1.69. The lowest BCUT2D eigenvalue weighted by Crippen LogP contribution is -2.24. The molecule has 4 nitrogen and oxygen atoms in total. The normalized spacial score (nSPS) is 13.3. The van der Waals surface area contributed by atoms with Crippen LogP contribution in [0.1, 0.15) is 50.0 Å². The highest BCUT2D eigenvalue weighted by molar-refractivity contribution is 5.87. The third-order valence-corrected chi connectivity index (χ3v) is 1.69. The standard InChI is InChI=1S/C11H15FN2O2/c1-7(12)8-5-14-9(6-13-8)10(15)16-11(2,3)4/h5-7H,1-4H3.